The Morgan fingerprint density at radius 3 is 1.91 bits per heavy atom. The zero-order valence-corrected chi connectivity index (χ0v) is 17.2. The Morgan fingerprint density at radius 2 is 1.34 bits per heavy atom. The van der Waals surface area contributed by atoms with E-state index >= 15 is 0 Å². The van der Waals surface area contributed by atoms with E-state index in [9.17, 15) is 14.4 Å². The maximum atomic E-state index is 13.8. The fourth-order valence-corrected chi connectivity index (χ4v) is 4.41. The number of carbonyl (C=O) groups is 3. The normalized spacial score (nSPS) is 19.7. The molecule has 2 aliphatic heterocycles. The van der Waals surface area contributed by atoms with Crippen molar-refractivity contribution in [1.29, 1.82) is 0 Å². The van der Waals surface area contributed by atoms with Crippen LogP contribution in [-0.4, -0.2) is 34.3 Å². The Hall–Kier alpha value is -4.06. The summed E-state index contributed by atoms with van der Waals surface area (Å²) in [6.45, 7) is 0.176. The third kappa shape index (κ3) is 3.39. The molecule has 3 aromatic rings. The predicted octanol–water partition coefficient (Wildman–Crippen LogP) is 2.90. The van der Waals surface area contributed by atoms with Crippen molar-refractivity contribution in [2.24, 2.45) is 11.0 Å². The Labute approximate surface area is 185 Å². The van der Waals surface area contributed by atoms with Crippen molar-refractivity contribution in [3.05, 3.63) is 108 Å². The molecule has 0 spiro atoms. The predicted molar refractivity (Wildman–Crippen MR) is 120 cm³/mol. The number of ketones is 1. The number of Topliss-reactive ketones (excluding diaryl/α,β-unsaturated/α-hetero) is 1. The van der Waals surface area contributed by atoms with Crippen molar-refractivity contribution in [1.82, 2.24) is 10.3 Å². The number of rotatable bonds is 6. The van der Waals surface area contributed by atoms with Gasteiger partial charge < -0.3 is 0 Å². The summed E-state index contributed by atoms with van der Waals surface area (Å²) in [5.41, 5.74) is 5.35. The Bertz CT molecular complexity index is 1150. The summed E-state index contributed by atoms with van der Waals surface area (Å²) < 4.78 is 0. The van der Waals surface area contributed by atoms with Gasteiger partial charge in [-0.1, -0.05) is 91.0 Å². The molecule has 2 amide bonds. The average molecular weight is 423 g/mol. The molecule has 1 N–H and O–H groups in total. The number of hydrogen-bond acceptors (Lipinski definition) is 5. The highest BCUT2D eigenvalue weighted by Gasteiger charge is 2.55. The molecule has 2 atom stereocenters. The number of nitrogens with one attached hydrogen (secondary N) is 1. The summed E-state index contributed by atoms with van der Waals surface area (Å²) in [6, 6.07) is 27.3. The number of amides is 2. The summed E-state index contributed by atoms with van der Waals surface area (Å²) >= 11 is 0. The SMILES string of the molecule is O=C(C1=NN[C@@H]2C(=O)N(Cc3ccccc3)C(=O)[C@H]12)C(c1ccccc1)c1ccccc1. The fourth-order valence-electron chi connectivity index (χ4n) is 4.41. The first kappa shape index (κ1) is 19.9. The molecule has 158 valence electrons. The van der Waals surface area contributed by atoms with Gasteiger partial charge in [0.05, 0.1) is 12.5 Å². The molecule has 0 radical (unpaired) electrons. The first-order chi connectivity index (χ1) is 15.6. The van der Waals surface area contributed by atoms with Crippen molar-refractivity contribution < 1.29 is 14.4 Å². The van der Waals surface area contributed by atoms with E-state index in [0.717, 1.165) is 16.7 Å². The van der Waals surface area contributed by atoms with Gasteiger partial charge in [-0.25, -0.2) is 0 Å². The van der Waals surface area contributed by atoms with Crippen molar-refractivity contribution in [2.75, 3.05) is 0 Å². The lowest BCUT2D eigenvalue weighted by Gasteiger charge is -2.19. The van der Waals surface area contributed by atoms with E-state index in [1.165, 1.54) is 4.90 Å². The van der Waals surface area contributed by atoms with Gasteiger partial charge in [0.2, 0.25) is 5.91 Å². The highest BCUT2D eigenvalue weighted by molar-refractivity contribution is 6.48. The number of nitrogens with zero attached hydrogens (tertiary/aromatic N) is 2. The number of likely N-dealkylation sites (tertiary alicyclic amines) is 1. The molecular formula is C26H21N3O3. The van der Waals surface area contributed by atoms with Crippen LogP contribution in [-0.2, 0) is 20.9 Å². The maximum Gasteiger partial charge on any atom is 0.254 e. The molecule has 1 saturated heterocycles. The van der Waals surface area contributed by atoms with E-state index in [-0.39, 0.29) is 29.9 Å². The fraction of sp³-hybridized carbons (Fsp3) is 0.154. The van der Waals surface area contributed by atoms with Crippen molar-refractivity contribution in [2.45, 2.75) is 18.5 Å². The van der Waals surface area contributed by atoms with E-state index in [0.29, 0.717) is 0 Å². The van der Waals surface area contributed by atoms with Crippen LogP contribution >= 0.6 is 0 Å². The van der Waals surface area contributed by atoms with E-state index in [1.807, 2.05) is 91.0 Å². The molecule has 0 unspecified atom stereocenters. The molecule has 1 fully saturated rings. The molecule has 32 heavy (non-hydrogen) atoms. The maximum absolute atomic E-state index is 13.8. The third-order valence-corrected chi connectivity index (χ3v) is 5.98. The molecular weight excluding hydrogens is 402 g/mol. The van der Waals surface area contributed by atoms with E-state index in [2.05, 4.69) is 10.5 Å². The molecule has 0 aromatic heterocycles. The molecule has 6 nitrogen and oxygen atoms in total. The standard InChI is InChI=1S/C26H21N3O3/c30-24(20(18-12-6-2-7-13-18)19-14-8-3-9-15-19)22-21-23(28-27-22)26(32)29(25(21)31)16-17-10-4-1-5-11-17/h1-15,20-21,23,28H,16H2/t21-,23+/m1/s1. The molecule has 5 rings (SSSR count). The van der Waals surface area contributed by atoms with Gasteiger partial charge in [-0.3, -0.25) is 24.7 Å². The van der Waals surface area contributed by atoms with Crippen LogP contribution in [0.1, 0.15) is 22.6 Å². The van der Waals surface area contributed by atoms with Gasteiger partial charge in [0, 0.05) is 0 Å². The van der Waals surface area contributed by atoms with Crippen molar-refractivity contribution >= 4 is 23.3 Å². The molecule has 0 aliphatic carbocycles. The zero-order chi connectivity index (χ0) is 22.1. The van der Waals surface area contributed by atoms with Crippen LogP contribution in [0.3, 0.4) is 0 Å². The monoisotopic (exact) mass is 423 g/mol. The second-order valence-corrected chi connectivity index (χ2v) is 7.95. The zero-order valence-electron chi connectivity index (χ0n) is 17.2. The smallest absolute Gasteiger partial charge is 0.254 e. The summed E-state index contributed by atoms with van der Waals surface area (Å²) in [5, 5.41) is 4.18. The number of carbonyl (C=O) groups excluding carboxylic acids is 3. The van der Waals surface area contributed by atoms with Crippen molar-refractivity contribution in [3.8, 4) is 0 Å². The third-order valence-electron chi connectivity index (χ3n) is 5.98. The molecule has 0 bridgehead atoms. The second kappa shape index (κ2) is 8.23. The van der Waals surface area contributed by atoms with Gasteiger partial charge in [0.1, 0.15) is 17.7 Å². The van der Waals surface area contributed by atoms with Crippen LogP contribution in [0.5, 0.6) is 0 Å². The lowest BCUT2D eigenvalue weighted by molar-refractivity contribution is -0.140. The Morgan fingerprint density at radius 1 is 0.812 bits per heavy atom. The molecule has 2 aliphatic rings. The first-order valence-electron chi connectivity index (χ1n) is 10.5. The van der Waals surface area contributed by atoms with Gasteiger partial charge in [0.25, 0.3) is 5.91 Å². The van der Waals surface area contributed by atoms with Crippen LogP contribution in [0.2, 0.25) is 0 Å². The van der Waals surface area contributed by atoms with Crippen LogP contribution in [0.25, 0.3) is 0 Å². The van der Waals surface area contributed by atoms with E-state index < -0.39 is 17.9 Å². The highest BCUT2D eigenvalue weighted by atomic mass is 16.2. The number of fused-ring (bicyclic) bond motifs is 1. The summed E-state index contributed by atoms with van der Waals surface area (Å²) in [4.78, 5) is 41.2. The van der Waals surface area contributed by atoms with Crippen LogP contribution in [0.4, 0.5) is 0 Å². The topological polar surface area (TPSA) is 78.8 Å². The van der Waals surface area contributed by atoms with Gasteiger partial charge in [0.15, 0.2) is 5.78 Å². The van der Waals surface area contributed by atoms with Gasteiger partial charge in [-0.05, 0) is 16.7 Å². The Kier molecular flexibility index (Phi) is 5.11. The second-order valence-electron chi connectivity index (χ2n) is 7.95. The summed E-state index contributed by atoms with van der Waals surface area (Å²) in [5.74, 6) is -2.53. The quantitative estimate of drug-likeness (QED) is 0.619. The van der Waals surface area contributed by atoms with E-state index in [4.69, 9.17) is 0 Å². The minimum absolute atomic E-state index is 0.113. The minimum Gasteiger partial charge on any atom is -0.296 e. The van der Waals surface area contributed by atoms with Crippen LogP contribution in [0.15, 0.2) is 96.1 Å². The molecule has 2 heterocycles. The summed E-state index contributed by atoms with van der Waals surface area (Å²) in [6.07, 6.45) is 0. The van der Waals surface area contributed by atoms with Gasteiger partial charge >= 0.3 is 0 Å². The minimum atomic E-state index is -0.909. The Balaban J connectivity index is 1.46. The number of imide groups is 1. The lowest BCUT2D eigenvalue weighted by Crippen LogP contribution is -2.36. The molecule has 0 saturated carbocycles. The van der Waals surface area contributed by atoms with Gasteiger partial charge in [-0.15, -0.1) is 0 Å². The number of hydrazone groups is 1. The van der Waals surface area contributed by atoms with Gasteiger partial charge in [-0.2, -0.15) is 5.10 Å². The highest BCUT2D eigenvalue weighted by Crippen LogP contribution is 2.33. The van der Waals surface area contributed by atoms with E-state index in [1.54, 1.807) is 0 Å². The molecule has 3 aromatic carbocycles. The van der Waals surface area contributed by atoms with Crippen LogP contribution < -0.4 is 5.43 Å². The van der Waals surface area contributed by atoms with Crippen LogP contribution in [0, 0.1) is 5.92 Å². The van der Waals surface area contributed by atoms with Crippen molar-refractivity contribution in [3.63, 3.8) is 0 Å². The average Bonchev–Trinajstić information content (AvgIpc) is 3.37. The molecule has 6 heteroatoms. The number of benzene rings is 3. The summed E-state index contributed by atoms with van der Waals surface area (Å²) in [7, 11) is 0. The number of hydrogen-bond donors (Lipinski definition) is 1. The lowest BCUT2D eigenvalue weighted by atomic mass is 9.82. The first-order valence-corrected chi connectivity index (χ1v) is 10.5. The largest absolute Gasteiger partial charge is 0.296 e.